The summed E-state index contributed by atoms with van der Waals surface area (Å²) in [5.74, 6) is -0.688. The Balaban J connectivity index is 1.33. The van der Waals surface area contributed by atoms with Crippen molar-refractivity contribution < 1.29 is 38.2 Å². The zero-order valence-corrected chi connectivity index (χ0v) is 28.6. The second kappa shape index (κ2) is 23.7. The van der Waals surface area contributed by atoms with Gasteiger partial charge in [-0.05, 0) is 42.4 Å². The van der Waals surface area contributed by atoms with E-state index in [0.717, 1.165) is 16.7 Å². The summed E-state index contributed by atoms with van der Waals surface area (Å²) < 4.78 is 15.6. The fraction of sp³-hybridized carbons (Fsp3) is 0.378. The van der Waals surface area contributed by atoms with Crippen LogP contribution in [0.4, 0.5) is 14.4 Å². The van der Waals surface area contributed by atoms with Crippen molar-refractivity contribution in [2.24, 2.45) is 5.73 Å². The third-order valence-electron chi connectivity index (χ3n) is 7.44. The van der Waals surface area contributed by atoms with Crippen molar-refractivity contribution in [3.8, 4) is 0 Å². The Morgan fingerprint density at radius 1 is 0.529 bits per heavy atom. The van der Waals surface area contributed by atoms with Crippen molar-refractivity contribution in [3.63, 3.8) is 0 Å². The Hall–Kier alpha value is -5.63. The van der Waals surface area contributed by atoms with Gasteiger partial charge >= 0.3 is 18.3 Å². The number of rotatable bonds is 21. The quantitative estimate of drug-likeness (QED) is 0.0708. The van der Waals surface area contributed by atoms with Gasteiger partial charge in [-0.3, -0.25) is 9.59 Å². The zero-order valence-electron chi connectivity index (χ0n) is 28.6. The molecule has 0 bridgehead atoms. The van der Waals surface area contributed by atoms with E-state index < -0.39 is 30.4 Å². The van der Waals surface area contributed by atoms with Gasteiger partial charge < -0.3 is 46.5 Å². The summed E-state index contributed by atoms with van der Waals surface area (Å²) in [4.78, 5) is 61.6. The van der Waals surface area contributed by atoms with Crippen molar-refractivity contribution in [2.45, 2.75) is 64.0 Å². The van der Waals surface area contributed by atoms with E-state index in [1.54, 1.807) is 0 Å². The lowest BCUT2D eigenvalue weighted by Crippen LogP contribution is -2.43. The van der Waals surface area contributed by atoms with Gasteiger partial charge in [0.25, 0.3) is 0 Å². The van der Waals surface area contributed by atoms with Gasteiger partial charge in [0.2, 0.25) is 11.8 Å². The molecule has 0 heterocycles. The maximum Gasteiger partial charge on any atom is 0.407 e. The van der Waals surface area contributed by atoms with E-state index in [1.165, 1.54) is 0 Å². The number of nitrogens with one attached hydrogen (secondary N) is 5. The number of benzene rings is 3. The zero-order chi connectivity index (χ0) is 36.5. The summed E-state index contributed by atoms with van der Waals surface area (Å²) >= 11 is 0. The predicted molar refractivity (Wildman–Crippen MR) is 190 cm³/mol. The molecule has 274 valence electrons. The molecular weight excluding hydrogens is 656 g/mol. The van der Waals surface area contributed by atoms with Crippen molar-refractivity contribution in [1.82, 2.24) is 26.6 Å². The molecule has 0 spiro atoms. The molecule has 0 aliphatic heterocycles. The molecule has 0 saturated heterocycles. The minimum Gasteiger partial charge on any atom is -0.445 e. The van der Waals surface area contributed by atoms with E-state index in [0.29, 0.717) is 32.2 Å². The monoisotopic (exact) mass is 704 g/mol. The van der Waals surface area contributed by atoms with E-state index in [4.69, 9.17) is 19.9 Å². The number of carbonyl (C=O) groups is 5. The largest absolute Gasteiger partial charge is 0.445 e. The van der Waals surface area contributed by atoms with Crippen LogP contribution in [0.5, 0.6) is 0 Å². The molecule has 3 aromatic rings. The van der Waals surface area contributed by atoms with Crippen LogP contribution in [0.1, 0.15) is 48.8 Å². The molecule has 0 aromatic heterocycles. The lowest BCUT2D eigenvalue weighted by Gasteiger charge is -2.19. The Morgan fingerprint density at radius 3 is 1.49 bits per heavy atom. The number of carbonyl (C=O) groups excluding carboxylic acids is 5. The highest BCUT2D eigenvalue weighted by Crippen LogP contribution is 2.06. The number of ether oxygens (including phenoxy) is 3. The minimum absolute atomic E-state index is 0.0485. The molecule has 0 fully saturated rings. The van der Waals surface area contributed by atoms with Crippen LogP contribution >= 0.6 is 0 Å². The van der Waals surface area contributed by atoms with Gasteiger partial charge in [0.1, 0.15) is 19.8 Å². The van der Waals surface area contributed by atoms with E-state index in [1.807, 2.05) is 91.0 Å². The number of amides is 5. The van der Waals surface area contributed by atoms with Crippen molar-refractivity contribution >= 4 is 30.1 Å². The third-order valence-corrected chi connectivity index (χ3v) is 7.44. The summed E-state index contributed by atoms with van der Waals surface area (Å²) in [6.07, 6.45) is -0.245. The molecule has 0 saturated carbocycles. The molecule has 5 amide bonds. The Morgan fingerprint density at radius 2 is 0.961 bits per heavy atom. The van der Waals surface area contributed by atoms with Crippen molar-refractivity contribution in [1.29, 1.82) is 0 Å². The maximum atomic E-state index is 12.7. The van der Waals surface area contributed by atoms with Crippen LogP contribution in [0, 0.1) is 0 Å². The summed E-state index contributed by atoms with van der Waals surface area (Å²) in [5, 5.41) is 13.5. The smallest absolute Gasteiger partial charge is 0.407 e. The first-order chi connectivity index (χ1) is 24.8. The van der Waals surface area contributed by atoms with Gasteiger partial charge in [0, 0.05) is 38.6 Å². The normalized spacial score (nSPS) is 11.6. The highest BCUT2D eigenvalue weighted by Gasteiger charge is 2.18. The van der Waals surface area contributed by atoms with Gasteiger partial charge in [-0.2, -0.15) is 0 Å². The first-order valence-electron chi connectivity index (χ1n) is 16.9. The van der Waals surface area contributed by atoms with Crippen LogP contribution in [0.3, 0.4) is 0 Å². The van der Waals surface area contributed by atoms with Crippen LogP contribution < -0.4 is 32.3 Å². The van der Waals surface area contributed by atoms with Gasteiger partial charge in [-0.1, -0.05) is 91.0 Å². The van der Waals surface area contributed by atoms with E-state index >= 15 is 0 Å². The fourth-order valence-electron chi connectivity index (χ4n) is 4.70. The molecule has 0 radical (unpaired) electrons. The first kappa shape index (κ1) is 39.8. The van der Waals surface area contributed by atoms with Crippen molar-refractivity contribution in [2.75, 3.05) is 26.2 Å². The molecule has 0 aliphatic carbocycles. The molecule has 2 atom stereocenters. The molecule has 0 aliphatic rings. The number of hydrogen-bond acceptors (Lipinski definition) is 9. The average molecular weight is 705 g/mol. The van der Waals surface area contributed by atoms with E-state index in [9.17, 15) is 24.0 Å². The van der Waals surface area contributed by atoms with Gasteiger partial charge in [0.15, 0.2) is 0 Å². The highest BCUT2D eigenvalue weighted by molar-refractivity contribution is 5.81. The van der Waals surface area contributed by atoms with Crippen LogP contribution in [-0.2, 0) is 43.6 Å². The van der Waals surface area contributed by atoms with Crippen molar-refractivity contribution in [3.05, 3.63) is 108 Å². The SMILES string of the molecule is N[C@@H](CCCNC(=O)OCc1ccccc1)C(=O)NCCC[C@@H](CC(=O)NCCNC(=O)OCc1ccccc1)NC(=O)OCc1ccccc1. The molecular formula is C37H48N6O8. The topological polar surface area (TPSA) is 199 Å². The second-order valence-electron chi connectivity index (χ2n) is 11.6. The molecule has 51 heavy (non-hydrogen) atoms. The van der Waals surface area contributed by atoms with Crippen LogP contribution in [0.15, 0.2) is 91.0 Å². The van der Waals surface area contributed by atoms with E-state index in [2.05, 4.69) is 26.6 Å². The Bertz CT molecular complexity index is 1480. The molecule has 3 rings (SSSR count). The lowest BCUT2D eigenvalue weighted by atomic mass is 10.1. The average Bonchev–Trinajstić information content (AvgIpc) is 3.15. The van der Waals surface area contributed by atoms with Crippen LogP contribution in [0.25, 0.3) is 0 Å². The first-order valence-corrected chi connectivity index (χ1v) is 16.9. The Labute approximate surface area is 298 Å². The van der Waals surface area contributed by atoms with Gasteiger partial charge in [0.05, 0.1) is 6.04 Å². The molecule has 3 aromatic carbocycles. The summed E-state index contributed by atoms with van der Waals surface area (Å²) in [5.41, 5.74) is 8.57. The summed E-state index contributed by atoms with van der Waals surface area (Å²) in [7, 11) is 0. The number of hydrogen-bond donors (Lipinski definition) is 6. The van der Waals surface area contributed by atoms with Gasteiger partial charge in [-0.25, -0.2) is 14.4 Å². The van der Waals surface area contributed by atoms with Crippen LogP contribution in [0.2, 0.25) is 0 Å². The molecule has 14 heteroatoms. The summed E-state index contributed by atoms with van der Waals surface area (Å²) in [6.45, 7) is 1.24. The maximum absolute atomic E-state index is 12.7. The van der Waals surface area contributed by atoms with E-state index in [-0.39, 0.29) is 57.7 Å². The fourth-order valence-corrected chi connectivity index (χ4v) is 4.70. The second-order valence-corrected chi connectivity index (χ2v) is 11.6. The predicted octanol–water partition coefficient (Wildman–Crippen LogP) is 3.64. The standard InChI is InChI=1S/C37H48N6O8/c38-32(19-11-21-41-35(46)49-25-28-12-4-1-5-13-28)34(45)40-20-10-18-31(43-37(48)51-27-30-16-8-3-9-17-30)24-33(44)39-22-23-42-36(47)50-26-29-14-6-2-7-15-29/h1-9,12-17,31-32H,10-11,18-27,38H2,(H,39,44)(H,40,45)(H,41,46)(H,42,47)(H,43,48)/t31-,32-/m0/s1. The highest BCUT2D eigenvalue weighted by atomic mass is 16.6. The number of alkyl carbamates (subject to hydrolysis) is 3. The van der Waals surface area contributed by atoms with Crippen LogP contribution in [-0.4, -0.2) is 68.4 Å². The summed E-state index contributed by atoms with van der Waals surface area (Å²) in [6, 6.07) is 26.4. The van der Waals surface area contributed by atoms with Gasteiger partial charge in [-0.15, -0.1) is 0 Å². The number of nitrogens with two attached hydrogens (primary N) is 1. The third kappa shape index (κ3) is 18.1. The Kier molecular flexibility index (Phi) is 18.5. The molecule has 7 N–H and O–H groups in total. The minimum atomic E-state index is -0.774. The molecule has 0 unspecified atom stereocenters. The molecule has 14 nitrogen and oxygen atoms in total. The lowest BCUT2D eigenvalue weighted by molar-refractivity contribution is -0.123.